The number of hydrogen-bond acceptors (Lipinski definition) is 5. The molecule has 6 rings (SSSR count). The molecule has 3 aromatic rings. The van der Waals surface area contributed by atoms with E-state index in [9.17, 15) is 9.18 Å². The molecule has 1 saturated carbocycles. The third-order valence-electron chi connectivity index (χ3n) is 8.63. The van der Waals surface area contributed by atoms with Gasteiger partial charge in [0.15, 0.2) is 0 Å². The summed E-state index contributed by atoms with van der Waals surface area (Å²) in [5.41, 5.74) is 4.41. The number of nitrogens with zero attached hydrogens (tertiary/aromatic N) is 1. The fourth-order valence-electron chi connectivity index (χ4n) is 5.93. The number of hydrogen-bond donors (Lipinski definition) is 2. The second kappa shape index (κ2) is 12.1. The summed E-state index contributed by atoms with van der Waals surface area (Å²) in [6, 6.07) is 18.8. The first kappa shape index (κ1) is 28.7. The third-order valence-corrected chi connectivity index (χ3v) is 8.93. The summed E-state index contributed by atoms with van der Waals surface area (Å²) in [6.45, 7) is 6.57. The first-order chi connectivity index (χ1) is 20.3. The van der Waals surface area contributed by atoms with E-state index in [1.165, 1.54) is 6.07 Å². The quantitative estimate of drug-likeness (QED) is 0.291. The molecule has 2 N–H and O–H groups in total. The summed E-state index contributed by atoms with van der Waals surface area (Å²) in [5.74, 6) is 1.17. The molecule has 2 aliphatic heterocycles. The van der Waals surface area contributed by atoms with Gasteiger partial charge in [0.1, 0.15) is 30.5 Å². The minimum absolute atomic E-state index is 0.00334. The van der Waals surface area contributed by atoms with Gasteiger partial charge in [-0.15, -0.1) is 0 Å². The highest BCUT2D eigenvalue weighted by molar-refractivity contribution is 6.32. The predicted molar refractivity (Wildman–Crippen MR) is 163 cm³/mol. The number of ether oxygens (including phenoxy) is 2. The Labute approximate surface area is 251 Å². The lowest BCUT2D eigenvalue weighted by Crippen LogP contribution is -2.65. The van der Waals surface area contributed by atoms with Gasteiger partial charge in [0, 0.05) is 36.8 Å². The van der Waals surface area contributed by atoms with Crippen LogP contribution in [-0.4, -0.2) is 49.2 Å². The zero-order valence-electron chi connectivity index (χ0n) is 24.1. The highest BCUT2D eigenvalue weighted by atomic mass is 35.5. The molecule has 1 saturated heterocycles. The molecule has 1 amide bonds. The lowest BCUT2D eigenvalue weighted by atomic mass is 9.78. The number of piperazine rings is 1. The SMILES string of the molecule is Cc1cc(Cl)c(OCCOc2ccc(C34CC=C(C(=O)N(Cc5ccccc5F)C5CC5)C(CNC3)N4)cc2)cc1C. The van der Waals surface area contributed by atoms with Gasteiger partial charge in [-0.2, -0.15) is 0 Å². The molecular formula is C34H37ClFN3O3. The van der Waals surface area contributed by atoms with Crippen molar-refractivity contribution in [3.63, 3.8) is 0 Å². The molecule has 0 aromatic heterocycles. The van der Waals surface area contributed by atoms with Crippen molar-refractivity contribution in [2.24, 2.45) is 0 Å². The van der Waals surface area contributed by atoms with Crippen LogP contribution in [0.2, 0.25) is 5.02 Å². The fourth-order valence-corrected chi connectivity index (χ4v) is 6.20. The number of benzene rings is 3. The van der Waals surface area contributed by atoms with Crippen LogP contribution in [0.4, 0.5) is 4.39 Å². The molecule has 0 radical (unpaired) electrons. The van der Waals surface area contributed by atoms with Crippen molar-refractivity contribution < 1.29 is 18.7 Å². The summed E-state index contributed by atoms with van der Waals surface area (Å²) in [5, 5.41) is 7.93. The Kier molecular flexibility index (Phi) is 8.26. The van der Waals surface area contributed by atoms with E-state index in [2.05, 4.69) is 28.8 Å². The van der Waals surface area contributed by atoms with Gasteiger partial charge in [0.25, 0.3) is 5.91 Å². The minimum atomic E-state index is -0.315. The van der Waals surface area contributed by atoms with E-state index in [0.717, 1.165) is 47.4 Å². The van der Waals surface area contributed by atoms with E-state index >= 15 is 0 Å². The van der Waals surface area contributed by atoms with Gasteiger partial charge in [-0.05, 0) is 80.1 Å². The van der Waals surface area contributed by atoms with Crippen LogP contribution >= 0.6 is 11.6 Å². The molecule has 2 atom stereocenters. The van der Waals surface area contributed by atoms with Gasteiger partial charge in [-0.25, -0.2) is 4.39 Å². The van der Waals surface area contributed by atoms with E-state index in [1.807, 2.05) is 49.1 Å². The van der Waals surface area contributed by atoms with Crippen LogP contribution in [-0.2, 0) is 16.9 Å². The molecule has 2 unspecified atom stereocenters. The van der Waals surface area contributed by atoms with Crippen LogP contribution in [0.15, 0.2) is 72.3 Å². The summed E-state index contributed by atoms with van der Waals surface area (Å²) >= 11 is 6.31. The zero-order valence-corrected chi connectivity index (χ0v) is 24.8. The molecule has 3 aromatic carbocycles. The topological polar surface area (TPSA) is 62.8 Å². The van der Waals surface area contributed by atoms with Gasteiger partial charge in [0.2, 0.25) is 0 Å². The number of amides is 1. The molecule has 42 heavy (non-hydrogen) atoms. The summed E-state index contributed by atoms with van der Waals surface area (Å²) in [4.78, 5) is 15.6. The molecule has 2 heterocycles. The minimum Gasteiger partial charge on any atom is -0.490 e. The van der Waals surface area contributed by atoms with Crippen LogP contribution in [0.1, 0.15) is 41.5 Å². The smallest absolute Gasteiger partial charge is 0.251 e. The van der Waals surface area contributed by atoms with Crippen LogP contribution in [0.3, 0.4) is 0 Å². The zero-order chi connectivity index (χ0) is 29.3. The van der Waals surface area contributed by atoms with Crippen molar-refractivity contribution in [2.45, 2.75) is 57.3 Å². The monoisotopic (exact) mass is 589 g/mol. The van der Waals surface area contributed by atoms with Gasteiger partial charge >= 0.3 is 0 Å². The highest BCUT2D eigenvalue weighted by Crippen LogP contribution is 2.37. The summed E-state index contributed by atoms with van der Waals surface area (Å²) < 4.78 is 26.2. The molecule has 3 aliphatic rings. The highest BCUT2D eigenvalue weighted by Gasteiger charge is 2.44. The molecule has 0 spiro atoms. The van der Waals surface area contributed by atoms with E-state index in [4.69, 9.17) is 21.1 Å². The molecule has 8 heteroatoms. The molecule has 220 valence electrons. The van der Waals surface area contributed by atoms with Crippen molar-refractivity contribution in [3.05, 3.63) is 105 Å². The number of rotatable bonds is 10. The lowest BCUT2D eigenvalue weighted by molar-refractivity contribution is -0.129. The number of nitrogens with one attached hydrogen (secondary N) is 2. The Balaban J connectivity index is 1.09. The van der Waals surface area contributed by atoms with E-state index in [0.29, 0.717) is 49.1 Å². The average molecular weight is 590 g/mol. The van der Waals surface area contributed by atoms with Crippen molar-refractivity contribution in [3.8, 4) is 11.5 Å². The maximum absolute atomic E-state index is 14.4. The number of carbonyl (C=O) groups excluding carboxylic acids is 1. The maximum atomic E-state index is 14.4. The van der Waals surface area contributed by atoms with Crippen LogP contribution < -0.4 is 20.1 Å². The molecule has 2 fully saturated rings. The van der Waals surface area contributed by atoms with E-state index in [-0.39, 0.29) is 29.3 Å². The molecular weight excluding hydrogens is 553 g/mol. The average Bonchev–Trinajstić information content (AvgIpc) is 3.83. The Morgan fingerprint density at radius 1 is 1.05 bits per heavy atom. The molecule has 6 nitrogen and oxygen atoms in total. The number of aryl methyl sites for hydroxylation is 2. The number of fused-ring (bicyclic) bond motifs is 2. The fraction of sp³-hybridized carbons (Fsp3) is 0.382. The van der Waals surface area contributed by atoms with Crippen molar-refractivity contribution in [2.75, 3.05) is 26.3 Å². The Bertz CT molecular complexity index is 1490. The lowest BCUT2D eigenvalue weighted by Gasteiger charge is -2.47. The first-order valence-electron chi connectivity index (χ1n) is 14.7. The summed E-state index contributed by atoms with van der Waals surface area (Å²) in [7, 11) is 0. The van der Waals surface area contributed by atoms with Gasteiger partial charge < -0.3 is 19.7 Å². The number of carbonyl (C=O) groups is 1. The second-order valence-electron chi connectivity index (χ2n) is 11.6. The Morgan fingerprint density at radius 2 is 1.79 bits per heavy atom. The Morgan fingerprint density at radius 3 is 2.55 bits per heavy atom. The first-order valence-corrected chi connectivity index (χ1v) is 15.1. The van der Waals surface area contributed by atoms with Gasteiger partial charge in [-0.3, -0.25) is 10.1 Å². The van der Waals surface area contributed by atoms with Crippen molar-refractivity contribution in [1.82, 2.24) is 15.5 Å². The van der Waals surface area contributed by atoms with Crippen molar-refractivity contribution >= 4 is 17.5 Å². The largest absolute Gasteiger partial charge is 0.490 e. The predicted octanol–water partition coefficient (Wildman–Crippen LogP) is 5.83. The van der Waals surface area contributed by atoms with Crippen LogP contribution in [0, 0.1) is 19.7 Å². The standard InChI is InChI=1S/C34H37ClFN3O3/c1-22-17-29(35)32(18-23(22)2)42-16-15-41-27-11-7-25(8-12-27)34-14-13-28(31(38-34)19-37-21-34)33(40)39(26-9-10-26)20-24-5-3-4-6-30(24)36/h3-8,11-13,17-18,26,31,37-38H,9-10,14-16,19-21H2,1-2H3. The van der Waals surface area contributed by atoms with E-state index < -0.39 is 0 Å². The maximum Gasteiger partial charge on any atom is 0.251 e. The van der Waals surface area contributed by atoms with Crippen molar-refractivity contribution in [1.29, 1.82) is 0 Å². The third kappa shape index (κ3) is 6.05. The van der Waals surface area contributed by atoms with Crippen LogP contribution in [0.5, 0.6) is 11.5 Å². The summed E-state index contributed by atoms with van der Waals surface area (Å²) in [6.07, 6.45) is 4.71. The molecule has 2 bridgehead atoms. The second-order valence-corrected chi connectivity index (χ2v) is 12.0. The number of halogens is 2. The van der Waals surface area contributed by atoms with Gasteiger partial charge in [0.05, 0.1) is 16.6 Å². The van der Waals surface area contributed by atoms with E-state index in [1.54, 1.807) is 12.1 Å². The van der Waals surface area contributed by atoms with Crippen LogP contribution in [0.25, 0.3) is 0 Å². The Hall–Kier alpha value is -3.39. The molecule has 1 aliphatic carbocycles. The van der Waals surface area contributed by atoms with Gasteiger partial charge in [-0.1, -0.05) is 48.0 Å². The normalized spacial score (nSPS) is 21.4.